The molecule has 0 aromatic heterocycles. The Morgan fingerprint density at radius 1 is 0.895 bits per heavy atom. The van der Waals surface area contributed by atoms with Crippen LogP contribution in [0.5, 0.6) is 11.5 Å². The summed E-state index contributed by atoms with van der Waals surface area (Å²) in [5.41, 5.74) is 13.2. The lowest BCUT2D eigenvalue weighted by Crippen LogP contribution is -2.11. The standard InChI is InChI=1S/C27H24F4N2O5/c28-24-15-22(36-11-1-10-27(29,30)31)7-8-23(24)26(35)38-21-5-2-17(3-6-21)4-9-25(34)37-16-18-12-19(32)14-20(33)13-18/h2-9,12-15H,1,10-11,16,32-33H2/b9-4+. The van der Waals surface area contributed by atoms with Gasteiger partial charge in [0, 0.05) is 29.9 Å². The van der Waals surface area contributed by atoms with Crippen LogP contribution in [-0.2, 0) is 16.1 Å². The van der Waals surface area contributed by atoms with Crippen LogP contribution in [0.2, 0.25) is 0 Å². The van der Waals surface area contributed by atoms with Crippen LogP contribution in [0.3, 0.4) is 0 Å². The maximum atomic E-state index is 14.3. The van der Waals surface area contributed by atoms with E-state index in [2.05, 4.69) is 0 Å². The molecule has 3 aromatic rings. The van der Waals surface area contributed by atoms with Crippen molar-refractivity contribution < 1.29 is 41.4 Å². The molecule has 38 heavy (non-hydrogen) atoms. The molecule has 0 unspecified atom stereocenters. The number of alkyl halides is 3. The molecular formula is C27H24F4N2O5. The molecule has 0 amide bonds. The van der Waals surface area contributed by atoms with E-state index < -0.39 is 30.4 Å². The smallest absolute Gasteiger partial charge is 0.389 e. The van der Waals surface area contributed by atoms with E-state index in [0.29, 0.717) is 22.5 Å². The Balaban J connectivity index is 1.49. The maximum Gasteiger partial charge on any atom is 0.389 e. The summed E-state index contributed by atoms with van der Waals surface area (Å²) in [6, 6.07) is 14.2. The first kappa shape index (κ1) is 28.0. The highest BCUT2D eigenvalue weighted by Crippen LogP contribution is 2.23. The number of rotatable bonds is 10. The summed E-state index contributed by atoms with van der Waals surface area (Å²) < 4.78 is 66.2. The molecule has 3 aromatic carbocycles. The number of hydrogen-bond acceptors (Lipinski definition) is 7. The van der Waals surface area contributed by atoms with E-state index in [0.717, 1.165) is 12.1 Å². The normalized spacial score (nSPS) is 11.4. The van der Waals surface area contributed by atoms with E-state index >= 15 is 0 Å². The number of nitrogens with two attached hydrogens (primary N) is 2. The first-order valence-corrected chi connectivity index (χ1v) is 11.3. The van der Waals surface area contributed by atoms with Crippen LogP contribution in [0.4, 0.5) is 28.9 Å². The molecule has 0 radical (unpaired) electrons. The van der Waals surface area contributed by atoms with Crippen molar-refractivity contribution in [1.29, 1.82) is 0 Å². The fraction of sp³-hybridized carbons (Fsp3) is 0.185. The highest BCUT2D eigenvalue weighted by atomic mass is 19.4. The van der Waals surface area contributed by atoms with Crippen molar-refractivity contribution >= 4 is 29.4 Å². The van der Waals surface area contributed by atoms with Crippen LogP contribution in [0.15, 0.2) is 66.7 Å². The first-order chi connectivity index (χ1) is 18.0. The maximum absolute atomic E-state index is 14.3. The lowest BCUT2D eigenvalue weighted by molar-refractivity contribution is -0.139. The molecule has 0 spiro atoms. The summed E-state index contributed by atoms with van der Waals surface area (Å²) >= 11 is 0. The zero-order valence-corrected chi connectivity index (χ0v) is 20.0. The lowest BCUT2D eigenvalue weighted by atomic mass is 10.2. The van der Waals surface area contributed by atoms with Crippen molar-refractivity contribution in [2.75, 3.05) is 18.1 Å². The molecule has 0 saturated carbocycles. The topological polar surface area (TPSA) is 114 Å². The average molecular weight is 532 g/mol. The van der Waals surface area contributed by atoms with E-state index in [4.69, 9.17) is 25.7 Å². The fourth-order valence-corrected chi connectivity index (χ4v) is 3.22. The summed E-state index contributed by atoms with van der Waals surface area (Å²) in [6.45, 7) is -0.256. The van der Waals surface area contributed by atoms with Crippen LogP contribution < -0.4 is 20.9 Å². The summed E-state index contributed by atoms with van der Waals surface area (Å²) in [5.74, 6) is -2.39. The van der Waals surface area contributed by atoms with E-state index in [1.54, 1.807) is 30.3 Å². The van der Waals surface area contributed by atoms with E-state index in [1.165, 1.54) is 30.4 Å². The molecule has 0 aliphatic rings. The highest BCUT2D eigenvalue weighted by Gasteiger charge is 2.26. The molecule has 11 heteroatoms. The van der Waals surface area contributed by atoms with Gasteiger partial charge in [-0.05, 0) is 66.1 Å². The van der Waals surface area contributed by atoms with Gasteiger partial charge in [0.2, 0.25) is 0 Å². The molecule has 0 bridgehead atoms. The third-order valence-electron chi connectivity index (χ3n) is 4.95. The number of ether oxygens (including phenoxy) is 3. The fourth-order valence-electron chi connectivity index (χ4n) is 3.22. The minimum atomic E-state index is -4.29. The van der Waals surface area contributed by atoms with Crippen molar-refractivity contribution in [1.82, 2.24) is 0 Å². The average Bonchev–Trinajstić information content (AvgIpc) is 2.84. The number of hydrogen-bond donors (Lipinski definition) is 2. The Bertz CT molecular complexity index is 1290. The molecule has 3 rings (SSSR count). The summed E-state index contributed by atoms with van der Waals surface area (Å²) in [7, 11) is 0. The van der Waals surface area contributed by atoms with Crippen LogP contribution in [-0.4, -0.2) is 24.7 Å². The highest BCUT2D eigenvalue weighted by molar-refractivity contribution is 5.91. The molecule has 200 valence electrons. The summed E-state index contributed by atoms with van der Waals surface area (Å²) in [5, 5.41) is 0. The van der Waals surface area contributed by atoms with Crippen LogP contribution in [0.25, 0.3) is 6.08 Å². The van der Waals surface area contributed by atoms with Gasteiger partial charge in [-0.15, -0.1) is 0 Å². The number of anilines is 2. The quantitative estimate of drug-likeness (QED) is 0.0862. The van der Waals surface area contributed by atoms with Gasteiger partial charge in [0.05, 0.1) is 12.2 Å². The van der Waals surface area contributed by atoms with Crippen LogP contribution >= 0.6 is 0 Å². The monoisotopic (exact) mass is 532 g/mol. The Hall–Kier alpha value is -4.54. The Morgan fingerprint density at radius 2 is 1.55 bits per heavy atom. The van der Waals surface area contributed by atoms with Gasteiger partial charge in [0.15, 0.2) is 0 Å². The zero-order valence-electron chi connectivity index (χ0n) is 20.0. The second-order valence-corrected chi connectivity index (χ2v) is 8.12. The molecule has 0 aliphatic heterocycles. The first-order valence-electron chi connectivity index (χ1n) is 11.3. The van der Waals surface area contributed by atoms with Gasteiger partial charge in [-0.1, -0.05) is 12.1 Å². The minimum Gasteiger partial charge on any atom is -0.493 e. The molecule has 0 fully saturated rings. The van der Waals surface area contributed by atoms with Gasteiger partial charge in [-0.2, -0.15) is 13.2 Å². The largest absolute Gasteiger partial charge is 0.493 e. The molecule has 0 aliphatic carbocycles. The summed E-state index contributed by atoms with van der Waals surface area (Å²) in [6.07, 6.45) is -2.87. The molecule has 0 heterocycles. The Kier molecular flexibility index (Phi) is 9.31. The predicted molar refractivity (Wildman–Crippen MR) is 133 cm³/mol. The van der Waals surface area contributed by atoms with E-state index in [1.807, 2.05) is 0 Å². The van der Waals surface area contributed by atoms with Crippen molar-refractivity contribution in [3.8, 4) is 11.5 Å². The minimum absolute atomic E-state index is 0.00494. The number of carbonyl (C=O) groups excluding carboxylic acids is 2. The molecular weight excluding hydrogens is 508 g/mol. The number of halogens is 4. The van der Waals surface area contributed by atoms with Crippen molar-refractivity contribution in [3.63, 3.8) is 0 Å². The third kappa shape index (κ3) is 9.16. The van der Waals surface area contributed by atoms with Crippen LogP contribution in [0, 0.1) is 5.82 Å². The second kappa shape index (κ2) is 12.6. The van der Waals surface area contributed by atoms with Crippen LogP contribution in [0.1, 0.15) is 34.3 Å². The van der Waals surface area contributed by atoms with E-state index in [9.17, 15) is 27.2 Å². The number of esters is 2. The Labute approximate surface area is 215 Å². The van der Waals surface area contributed by atoms with Crippen molar-refractivity contribution in [2.45, 2.75) is 25.6 Å². The lowest BCUT2D eigenvalue weighted by Gasteiger charge is -2.10. The third-order valence-corrected chi connectivity index (χ3v) is 4.95. The summed E-state index contributed by atoms with van der Waals surface area (Å²) in [4.78, 5) is 24.3. The van der Waals surface area contributed by atoms with Crippen molar-refractivity contribution in [3.05, 3.63) is 89.2 Å². The van der Waals surface area contributed by atoms with Gasteiger partial charge in [0.25, 0.3) is 0 Å². The van der Waals surface area contributed by atoms with E-state index in [-0.39, 0.29) is 36.7 Å². The molecule has 0 atom stereocenters. The van der Waals surface area contributed by atoms with Gasteiger partial charge in [0.1, 0.15) is 23.9 Å². The molecule has 7 nitrogen and oxygen atoms in total. The number of nitrogen functional groups attached to an aromatic ring is 2. The molecule has 4 N–H and O–H groups in total. The molecule has 0 saturated heterocycles. The number of benzene rings is 3. The van der Waals surface area contributed by atoms with Gasteiger partial charge in [-0.3, -0.25) is 0 Å². The Morgan fingerprint density at radius 3 is 2.18 bits per heavy atom. The van der Waals surface area contributed by atoms with Crippen molar-refractivity contribution in [2.24, 2.45) is 0 Å². The second-order valence-electron chi connectivity index (χ2n) is 8.12. The SMILES string of the molecule is Nc1cc(N)cc(COC(=O)/C=C/c2ccc(OC(=O)c3ccc(OCCCC(F)(F)F)cc3F)cc2)c1. The predicted octanol–water partition coefficient (Wildman–Crippen LogP) is 5.69. The van der Waals surface area contributed by atoms with Gasteiger partial charge < -0.3 is 25.7 Å². The van der Waals surface area contributed by atoms with Gasteiger partial charge >= 0.3 is 18.1 Å². The van der Waals surface area contributed by atoms with Gasteiger partial charge in [-0.25, -0.2) is 14.0 Å². The number of carbonyl (C=O) groups is 2. The zero-order chi connectivity index (χ0) is 27.7.